The van der Waals surface area contributed by atoms with Crippen LogP contribution in [0, 0.1) is 5.82 Å². The Hall–Kier alpha value is -3.07. The molecule has 0 saturated heterocycles. The van der Waals surface area contributed by atoms with E-state index in [1.165, 1.54) is 25.4 Å². The summed E-state index contributed by atoms with van der Waals surface area (Å²) in [6.45, 7) is 0. The molecule has 7 nitrogen and oxygen atoms in total. The number of thiazole rings is 1. The molecule has 1 amide bonds. The summed E-state index contributed by atoms with van der Waals surface area (Å²) in [5.41, 5.74) is 2.91. The highest BCUT2D eigenvalue weighted by Gasteiger charge is 2.26. The van der Waals surface area contributed by atoms with Crippen LogP contribution < -0.4 is 5.32 Å². The van der Waals surface area contributed by atoms with Gasteiger partial charge in [-0.15, -0.1) is 0 Å². The van der Waals surface area contributed by atoms with Crippen molar-refractivity contribution < 1.29 is 18.7 Å². The van der Waals surface area contributed by atoms with Gasteiger partial charge in [0.1, 0.15) is 10.7 Å². The summed E-state index contributed by atoms with van der Waals surface area (Å²) in [5, 5.41) is 7.52. The fourth-order valence-corrected chi connectivity index (χ4v) is 3.99. The molecule has 2 aromatic heterocycles. The standard InChI is InChI=1S/C19H17FN4O3S/c1-27-18(26)15-10-21-19(28-15)22-17(25)16-13-4-2-3-5-14(13)24(23-16)12-8-6-11(20)7-9-12/h6-10H,2-5H2,1H3,(H,21,22,25). The van der Waals surface area contributed by atoms with Crippen LogP contribution in [0.1, 0.15) is 44.3 Å². The number of halogens is 1. The summed E-state index contributed by atoms with van der Waals surface area (Å²) in [4.78, 5) is 28.7. The molecule has 1 N–H and O–H groups in total. The number of hydrogen-bond acceptors (Lipinski definition) is 6. The molecule has 0 radical (unpaired) electrons. The average molecular weight is 400 g/mol. The number of aromatic nitrogens is 3. The lowest BCUT2D eigenvalue weighted by Gasteiger charge is -2.14. The Morgan fingerprint density at radius 1 is 1.21 bits per heavy atom. The zero-order valence-electron chi connectivity index (χ0n) is 15.1. The Labute approximate surface area is 164 Å². The summed E-state index contributed by atoms with van der Waals surface area (Å²) in [6.07, 6.45) is 4.90. The van der Waals surface area contributed by atoms with Crippen molar-refractivity contribution in [3.63, 3.8) is 0 Å². The van der Waals surface area contributed by atoms with Gasteiger partial charge in [0.15, 0.2) is 10.8 Å². The second-order valence-electron chi connectivity index (χ2n) is 6.34. The monoisotopic (exact) mass is 400 g/mol. The molecular formula is C19H17FN4O3S. The number of fused-ring (bicyclic) bond motifs is 1. The van der Waals surface area contributed by atoms with Crippen molar-refractivity contribution in [1.29, 1.82) is 0 Å². The van der Waals surface area contributed by atoms with E-state index in [1.807, 2.05) is 0 Å². The molecule has 0 saturated carbocycles. The highest BCUT2D eigenvalue weighted by atomic mass is 32.1. The van der Waals surface area contributed by atoms with Crippen LogP contribution >= 0.6 is 11.3 Å². The number of ether oxygens (including phenoxy) is 1. The zero-order valence-corrected chi connectivity index (χ0v) is 15.9. The van der Waals surface area contributed by atoms with Gasteiger partial charge in [-0.05, 0) is 49.9 Å². The molecule has 0 fully saturated rings. The topological polar surface area (TPSA) is 86.1 Å². The summed E-state index contributed by atoms with van der Waals surface area (Å²) < 4.78 is 19.6. The number of amides is 1. The van der Waals surface area contributed by atoms with E-state index in [-0.39, 0.29) is 11.7 Å². The van der Waals surface area contributed by atoms with Gasteiger partial charge >= 0.3 is 5.97 Å². The fraction of sp³-hybridized carbons (Fsp3) is 0.263. The van der Waals surface area contributed by atoms with Gasteiger partial charge in [0.05, 0.1) is 19.0 Å². The molecule has 4 rings (SSSR count). The maximum absolute atomic E-state index is 13.3. The average Bonchev–Trinajstić information content (AvgIpc) is 3.33. The molecule has 0 aliphatic heterocycles. The first-order valence-corrected chi connectivity index (χ1v) is 9.60. The normalized spacial score (nSPS) is 13.1. The fourth-order valence-electron chi connectivity index (χ4n) is 3.26. The minimum absolute atomic E-state index is 0.297. The van der Waals surface area contributed by atoms with E-state index in [0.29, 0.717) is 21.4 Å². The summed E-state index contributed by atoms with van der Waals surface area (Å²) in [5.74, 6) is -1.21. The van der Waals surface area contributed by atoms with Crippen LogP contribution in [0.4, 0.5) is 9.52 Å². The largest absolute Gasteiger partial charge is 0.465 e. The number of nitrogens with zero attached hydrogens (tertiary/aromatic N) is 3. The van der Waals surface area contributed by atoms with Gasteiger partial charge in [-0.25, -0.2) is 18.9 Å². The summed E-state index contributed by atoms with van der Waals surface area (Å²) in [6, 6.07) is 6.02. The van der Waals surface area contributed by atoms with E-state index >= 15 is 0 Å². The summed E-state index contributed by atoms with van der Waals surface area (Å²) >= 11 is 1.04. The van der Waals surface area contributed by atoms with Gasteiger partial charge in [0, 0.05) is 11.3 Å². The van der Waals surface area contributed by atoms with Crippen molar-refractivity contribution in [3.05, 3.63) is 58.1 Å². The first kappa shape index (κ1) is 18.3. The van der Waals surface area contributed by atoms with Crippen molar-refractivity contribution in [2.75, 3.05) is 12.4 Å². The van der Waals surface area contributed by atoms with Crippen LogP contribution in [0.25, 0.3) is 5.69 Å². The number of methoxy groups -OCH3 is 1. The third-order valence-corrected chi connectivity index (χ3v) is 5.47. The molecule has 0 unspecified atom stereocenters. The highest BCUT2D eigenvalue weighted by molar-refractivity contribution is 7.17. The quantitative estimate of drug-likeness (QED) is 0.679. The number of nitrogens with one attached hydrogen (secondary N) is 1. The third kappa shape index (κ3) is 3.40. The van der Waals surface area contributed by atoms with Gasteiger partial charge in [-0.3, -0.25) is 10.1 Å². The Kier molecular flexibility index (Phi) is 4.91. The van der Waals surface area contributed by atoms with Crippen molar-refractivity contribution in [1.82, 2.24) is 14.8 Å². The predicted molar refractivity (Wildman–Crippen MR) is 102 cm³/mol. The van der Waals surface area contributed by atoms with Gasteiger partial charge in [-0.1, -0.05) is 11.3 Å². The second kappa shape index (κ2) is 7.51. The first-order valence-electron chi connectivity index (χ1n) is 8.79. The minimum Gasteiger partial charge on any atom is -0.465 e. The lowest BCUT2D eigenvalue weighted by Crippen LogP contribution is -2.15. The SMILES string of the molecule is COC(=O)c1cnc(NC(=O)c2nn(-c3ccc(F)cc3)c3c2CCCC3)s1. The number of carbonyl (C=O) groups is 2. The van der Waals surface area contributed by atoms with E-state index in [0.717, 1.165) is 48.3 Å². The van der Waals surface area contributed by atoms with Crippen LogP contribution in [-0.2, 0) is 17.6 Å². The third-order valence-electron chi connectivity index (χ3n) is 4.58. The molecule has 1 aliphatic rings. The maximum Gasteiger partial charge on any atom is 0.349 e. The van der Waals surface area contributed by atoms with Crippen molar-refractivity contribution in [2.45, 2.75) is 25.7 Å². The Morgan fingerprint density at radius 2 is 1.96 bits per heavy atom. The van der Waals surface area contributed by atoms with Crippen LogP contribution in [-0.4, -0.2) is 33.8 Å². The Bertz CT molecular complexity index is 1040. The number of benzene rings is 1. The molecule has 2 heterocycles. The van der Waals surface area contributed by atoms with Gasteiger partial charge in [0.2, 0.25) is 0 Å². The number of carbonyl (C=O) groups excluding carboxylic acids is 2. The number of esters is 1. The molecule has 0 atom stereocenters. The van der Waals surface area contributed by atoms with Gasteiger partial charge in [-0.2, -0.15) is 5.10 Å². The summed E-state index contributed by atoms with van der Waals surface area (Å²) in [7, 11) is 1.29. The molecule has 0 bridgehead atoms. The van der Waals surface area contributed by atoms with Crippen molar-refractivity contribution in [3.8, 4) is 5.69 Å². The molecule has 28 heavy (non-hydrogen) atoms. The number of anilines is 1. The molecule has 9 heteroatoms. The molecule has 1 aromatic carbocycles. The lowest BCUT2D eigenvalue weighted by atomic mass is 9.95. The van der Waals surface area contributed by atoms with Gasteiger partial charge < -0.3 is 4.74 Å². The molecule has 1 aliphatic carbocycles. The minimum atomic E-state index is -0.504. The lowest BCUT2D eigenvalue weighted by molar-refractivity contribution is 0.0606. The van der Waals surface area contributed by atoms with Crippen LogP contribution in [0.15, 0.2) is 30.5 Å². The van der Waals surface area contributed by atoms with E-state index in [4.69, 9.17) is 0 Å². The zero-order chi connectivity index (χ0) is 19.7. The highest BCUT2D eigenvalue weighted by Crippen LogP contribution is 2.28. The molecule has 0 spiro atoms. The van der Waals surface area contributed by atoms with Crippen LogP contribution in [0.2, 0.25) is 0 Å². The van der Waals surface area contributed by atoms with Crippen molar-refractivity contribution >= 4 is 28.3 Å². The Morgan fingerprint density at radius 3 is 2.71 bits per heavy atom. The van der Waals surface area contributed by atoms with E-state index in [2.05, 4.69) is 20.1 Å². The predicted octanol–water partition coefficient (Wildman–Crippen LogP) is 3.39. The van der Waals surface area contributed by atoms with E-state index in [1.54, 1.807) is 16.8 Å². The second-order valence-corrected chi connectivity index (χ2v) is 7.38. The maximum atomic E-state index is 13.3. The van der Waals surface area contributed by atoms with E-state index in [9.17, 15) is 14.0 Å². The van der Waals surface area contributed by atoms with Crippen LogP contribution in [0.5, 0.6) is 0 Å². The smallest absolute Gasteiger partial charge is 0.349 e. The van der Waals surface area contributed by atoms with Crippen molar-refractivity contribution in [2.24, 2.45) is 0 Å². The number of rotatable bonds is 4. The molecule has 3 aromatic rings. The molecular weight excluding hydrogens is 383 g/mol. The molecule has 144 valence electrons. The Balaban J connectivity index is 1.65. The first-order chi connectivity index (χ1) is 13.6. The van der Waals surface area contributed by atoms with Gasteiger partial charge in [0.25, 0.3) is 5.91 Å². The van der Waals surface area contributed by atoms with Crippen LogP contribution in [0.3, 0.4) is 0 Å². The van der Waals surface area contributed by atoms with E-state index < -0.39 is 5.97 Å². The number of hydrogen-bond donors (Lipinski definition) is 1.